The van der Waals surface area contributed by atoms with Crippen molar-refractivity contribution >= 4 is 11.9 Å². The number of carbonyl (C=O) groups excluding carboxylic acids is 2. The zero-order valence-corrected chi connectivity index (χ0v) is 18.1. The van der Waals surface area contributed by atoms with Crippen LogP contribution >= 0.6 is 0 Å². The molecule has 1 atom stereocenters. The first kappa shape index (κ1) is 22.7. The van der Waals surface area contributed by atoms with Crippen molar-refractivity contribution in [3.63, 3.8) is 0 Å². The fraction of sp³-hybridized carbons (Fsp3) is 0.440. The highest BCUT2D eigenvalue weighted by molar-refractivity contribution is 5.83. The minimum Gasteiger partial charge on any atom is -0.466 e. The first-order valence-corrected chi connectivity index (χ1v) is 10.5. The van der Waals surface area contributed by atoms with Crippen molar-refractivity contribution in [3.8, 4) is 0 Å². The SMILES string of the molecule is CCOC(=O)CCN(Cc1ccccc1)C(=O)C(C)c1ccc(CC(C)C)cc1. The maximum atomic E-state index is 13.3. The summed E-state index contributed by atoms with van der Waals surface area (Å²) in [5, 5.41) is 0. The molecule has 0 N–H and O–H groups in total. The van der Waals surface area contributed by atoms with Crippen molar-refractivity contribution in [1.82, 2.24) is 4.90 Å². The molecule has 2 aromatic rings. The molecule has 2 rings (SSSR count). The van der Waals surface area contributed by atoms with Crippen molar-refractivity contribution in [2.24, 2.45) is 5.92 Å². The number of amides is 1. The van der Waals surface area contributed by atoms with Gasteiger partial charge in [0, 0.05) is 13.1 Å². The number of ether oxygens (including phenoxy) is 1. The summed E-state index contributed by atoms with van der Waals surface area (Å²) in [4.78, 5) is 26.8. The molecule has 2 aromatic carbocycles. The van der Waals surface area contributed by atoms with Crippen LogP contribution in [0.2, 0.25) is 0 Å². The lowest BCUT2D eigenvalue weighted by Gasteiger charge is -2.26. The highest BCUT2D eigenvalue weighted by atomic mass is 16.5. The highest BCUT2D eigenvalue weighted by Crippen LogP contribution is 2.21. The Labute approximate surface area is 174 Å². The smallest absolute Gasteiger partial charge is 0.307 e. The van der Waals surface area contributed by atoms with Crippen molar-refractivity contribution in [2.45, 2.75) is 53.0 Å². The van der Waals surface area contributed by atoms with Gasteiger partial charge in [-0.15, -0.1) is 0 Å². The lowest BCUT2D eigenvalue weighted by atomic mass is 9.95. The number of carbonyl (C=O) groups is 2. The van der Waals surface area contributed by atoms with Crippen LogP contribution in [0.5, 0.6) is 0 Å². The van der Waals surface area contributed by atoms with Gasteiger partial charge in [-0.25, -0.2) is 0 Å². The highest BCUT2D eigenvalue weighted by Gasteiger charge is 2.23. The Hall–Kier alpha value is -2.62. The Kier molecular flexibility index (Phi) is 8.91. The lowest BCUT2D eigenvalue weighted by Crippen LogP contribution is -2.35. The molecule has 0 aliphatic heterocycles. The van der Waals surface area contributed by atoms with E-state index in [1.165, 1.54) is 5.56 Å². The average Bonchev–Trinajstić information content (AvgIpc) is 2.71. The van der Waals surface area contributed by atoms with Gasteiger partial charge in [-0.2, -0.15) is 0 Å². The van der Waals surface area contributed by atoms with Crippen molar-refractivity contribution in [1.29, 1.82) is 0 Å². The van der Waals surface area contributed by atoms with E-state index in [4.69, 9.17) is 4.74 Å². The Balaban J connectivity index is 2.12. The fourth-order valence-corrected chi connectivity index (χ4v) is 3.36. The molecule has 0 aliphatic rings. The number of benzene rings is 2. The average molecular weight is 396 g/mol. The summed E-state index contributed by atoms with van der Waals surface area (Å²) in [6.07, 6.45) is 1.23. The van der Waals surface area contributed by atoms with E-state index in [2.05, 4.69) is 26.0 Å². The summed E-state index contributed by atoms with van der Waals surface area (Å²) in [6.45, 7) is 9.30. The van der Waals surface area contributed by atoms with Gasteiger partial charge in [-0.3, -0.25) is 9.59 Å². The van der Waals surface area contributed by atoms with Gasteiger partial charge in [0.25, 0.3) is 0 Å². The van der Waals surface area contributed by atoms with Crippen LogP contribution in [-0.4, -0.2) is 29.9 Å². The normalized spacial score (nSPS) is 11.9. The van der Waals surface area contributed by atoms with Gasteiger partial charge in [-0.1, -0.05) is 68.4 Å². The van der Waals surface area contributed by atoms with Crippen LogP contribution in [0.15, 0.2) is 54.6 Å². The van der Waals surface area contributed by atoms with E-state index in [0.717, 1.165) is 17.5 Å². The van der Waals surface area contributed by atoms with E-state index >= 15 is 0 Å². The predicted molar refractivity (Wildman–Crippen MR) is 117 cm³/mol. The summed E-state index contributed by atoms with van der Waals surface area (Å²) >= 11 is 0. The Morgan fingerprint density at radius 3 is 2.17 bits per heavy atom. The first-order chi connectivity index (χ1) is 13.9. The van der Waals surface area contributed by atoms with Crippen LogP contribution in [0.4, 0.5) is 0 Å². The van der Waals surface area contributed by atoms with Crippen LogP contribution in [0.3, 0.4) is 0 Å². The second kappa shape index (κ2) is 11.4. The standard InChI is InChI=1S/C25H33NO3/c1-5-29-24(27)15-16-26(18-22-9-7-6-8-10-22)25(28)20(4)23-13-11-21(12-14-23)17-19(2)3/h6-14,19-20H,5,15-18H2,1-4H3. The molecule has 0 bridgehead atoms. The van der Waals surface area contributed by atoms with Crippen molar-refractivity contribution in [2.75, 3.05) is 13.2 Å². The molecule has 0 heterocycles. The Bertz CT molecular complexity index is 768. The summed E-state index contributed by atoms with van der Waals surface area (Å²) in [7, 11) is 0. The minimum atomic E-state index is -0.274. The van der Waals surface area contributed by atoms with Gasteiger partial charge in [0.15, 0.2) is 0 Å². The molecule has 29 heavy (non-hydrogen) atoms. The minimum absolute atomic E-state index is 0.0229. The summed E-state index contributed by atoms with van der Waals surface area (Å²) < 4.78 is 5.04. The molecule has 0 aromatic heterocycles. The van der Waals surface area contributed by atoms with Gasteiger partial charge >= 0.3 is 5.97 Å². The molecule has 0 radical (unpaired) electrons. The predicted octanol–water partition coefficient (Wildman–Crippen LogP) is 4.97. The van der Waals surface area contributed by atoms with Crippen molar-refractivity contribution in [3.05, 3.63) is 71.3 Å². The third-order valence-electron chi connectivity index (χ3n) is 4.91. The molecular formula is C25H33NO3. The molecule has 4 nitrogen and oxygen atoms in total. The number of hydrogen-bond acceptors (Lipinski definition) is 3. The number of nitrogens with zero attached hydrogens (tertiary/aromatic N) is 1. The molecule has 1 unspecified atom stereocenters. The monoisotopic (exact) mass is 395 g/mol. The van der Waals surface area contributed by atoms with Crippen LogP contribution in [0.1, 0.15) is 56.7 Å². The van der Waals surface area contributed by atoms with E-state index in [1.54, 1.807) is 11.8 Å². The molecule has 0 saturated heterocycles. The molecule has 0 saturated carbocycles. The quantitative estimate of drug-likeness (QED) is 0.534. The summed E-state index contributed by atoms with van der Waals surface area (Å²) in [5.74, 6) is 0.0805. The maximum absolute atomic E-state index is 13.3. The molecular weight excluding hydrogens is 362 g/mol. The van der Waals surface area contributed by atoms with Crippen LogP contribution < -0.4 is 0 Å². The Morgan fingerprint density at radius 1 is 0.931 bits per heavy atom. The van der Waals surface area contributed by atoms with Gasteiger partial charge in [0.1, 0.15) is 0 Å². The van der Waals surface area contributed by atoms with E-state index in [9.17, 15) is 9.59 Å². The van der Waals surface area contributed by atoms with Crippen molar-refractivity contribution < 1.29 is 14.3 Å². The van der Waals surface area contributed by atoms with Crippen LogP contribution in [0.25, 0.3) is 0 Å². The van der Waals surface area contributed by atoms with E-state index < -0.39 is 0 Å². The van der Waals surface area contributed by atoms with Gasteiger partial charge in [0.2, 0.25) is 5.91 Å². The van der Waals surface area contributed by atoms with Gasteiger partial charge < -0.3 is 9.64 Å². The molecule has 0 aliphatic carbocycles. The summed E-state index contributed by atoms with van der Waals surface area (Å²) in [6, 6.07) is 18.2. The first-order valence-electron chi connectivity index (χ1n) is 10.5. The van der Waals surface area contributed by atoms with E-state index in [1.807, 2.05) is 49.4 Å². The maximum Gasteiger partial charge on any atom is 0.307 e. The lowest BCUT2D eigenvalue weighted by molar-refractivity contribution is -0.144. The molecule has 156 valence electrons. The van der Waals surface area contributed by atoms with E-state index in [0.29, 0.717) is 25.6 Å². The number of esters is 1. The zero-order chi connectivity index (χ0) is 21.2. The summed E-state index contributed by atoms with van der Waals surface area (Å²) in [5.41, 5.74) is 3.33. The Morgan fingerprint density at radius 2 is 1.59 bits per heavy atom. The number of rotatable bonds is 10. The number of hydrogen-bond donors (Lipinski definition) is 0. The molecule has 0 fully saturated rings. The third-order valence-corrected chi connectivity index (χ3v) is 4.91. The largest absolute Gasteiger partial charge is 0.466 e. The third kappa shape index (κ3) is 7.37. The van der Waals surface area contributed by atoms with Gasteiger partial charge in [-0.05, 0) is 42.9 Å². The van der Waals surface area contributed by atoms with Crippen LogP contribution in [-0.2, 0) is 27.3 Å². The van der Waals surface area contributed by atoms with E-state index in [-0.39, 0.29) is 24.2 Å². The second-order valence-corrected chi connectivity index (χ2v) is 7.86. The topological polar surface area (TPSA) is 46.6 Å². The molecule has 4 heteroatoms. The molecule has 1 amide bonds. The zero-order valence-electron chi connectivity index (χ0n) is 18.1. The fourth-order valence-electron chi connectivity index (χ4n) is 3.36. The van der Waals surface area contributed by atoms with Crippen LogP contribution in [0, 0.1) is 5.92 Å². The second-order valence-electron chi connectivity index (χ2n) is 7.86. The van der Waals surface area contributed by atoms with Gasteiger partial charge in [0.05, 0.1) is 18.9 Å². The molecule has 0 spiro atoms.